The Hall–Kier alpha value is -1.13. The van der Waals surface area contributed by atoms with E-state index in [-0.39, 0.29) is 17.6 Å². The van der Waals surface area contributed by atoms with Gasteiger partial charge >= 0.3 is 0 Å². The Labute approximate surface area is 102 Å². The molecular formula is C13H20FNO2. The van der Waals surface area contributed by atoms with E-state index < -0.39 is 0 Å². The standard InChI is InChI=1S/C13H20FNO2/c1-3-8-17-9-7-11(15)10-5-4-6-12(16-2)13(10)14/h4-6,11H,3,7-9,15H2,1-2H3. The number of methoxy groups -OCH3 is 1. The fourth-order valence-corrected chi connectivity index (χ4v) is 1.58. The van der Waals surface area contributed by atoms with Crippen molar-refractivity contribution in [2.24, 2.45) is 5.73 Å². The summed E-state index contributed by atoms with van der Waals surface area (Å²) in [5.74, 6) is -0.148. The summed E-state index contributed by atoms with van der Waals surface area (Å²) in [5.41, 5.74) is 6.40. The summed E-state index contributed by atoms with van der Waals surface area (Å²) in [7, 11) is 1.44. The van der Waals surface area contributed by atoms with Crippen LogP contribution in [0.2, 0.25) is 0 Å². The average molecular weight is 241 g/mol. The Bertz CT molecular complexity index is 344. The Balaban J connectivity index is 2.59. The number of hydrogen-bond donors (Lipinski definition) is 1. The number of benzene rings is 1. The molecule has 2 N–H and O–H groups in total. The maximum absolute atomic E-state index is 13.9. The summed E-state index contributed by atoms with van der Waals surface area (Å²) in [4.78, 5) is 0. The molecule has 96 valence electrons. The van der Waals surface area contributed by atoms with Gasteiger partial charge in [-0.2, -0.15) is 0 Å². The molecule has 0 amide bonds. The summed E-state index contributed by atoms with van der Waals surface area (Å²) < 4.78 is 24.1. The van der Waals surface area contributed by atoms with E-state index >= 15 is 0 Å². The molecule has 17 heavy (non-hydrogen) atoms. The van der Waals surface area contributed by atoms with Crippen molar-refractivity contribution in [1.29, 1.82) is 0 Å². The van der Waals surface area contributed by atoms with Crippen molar-refractivity contribution in [2.45, 2.75) is 25.8 Å². The van der Waals surface area contributed by atoms with Crippen LogP contribution in [0.15, 0.2) is 18.2 Å². The summed E-state index contributed by atoms with van der Waals surface area (Å²) in [5, 5.41) is 0. The van der Waals surface area contributed by atoms with Crippen LogP contribution in [0.3, 0.4) is 0 Å². The van der Waals surface area contributed by atoms with Crippen LogP contribution in [0.1, 0.15) is 31.4 Å². The van der Waals surface area contributed by atoms with E-state index in [1.165, 1.54) is 7.11 Å². The fraction of sp³-hybridized carbons (Fsp3) is 0.538. The lowest BCUT2D eigenvalue weighted by Gasteiger charge is -2.14. The third kappa shape index (κ3) is 3.98. The van der Waals surface area contributed by atoms with E-state index in [2.05, 4.69) is 0 Å². The Morgan fingerprint density at radius 3 is 2.76 bits per heavy atom. The highest BCUT2D eigenvalue weighted by atomic mass is 19.1. The van der Waals surface area contributed by atoms with Gasteiger partial charge in [0.05, 0.1) is 7.11 Å². The van der Waals surface area contributed by atoms with Gasteiger partial charge in [-0.1, -0.05) is 19.1 Å². The Kier molecular flexibility index (Phi) is 5.94. The van der Waals surface area contributed by atoms with Gasteiger partial charge in [-0.05, 0) is 18.9 Å². The lowest BCUT2D eigenvalue weighted by atomic mass is 10.0. The molecule has 1 aromatic rings. The molecule has 0 aliphatic rings. The minimum Gasteiger partial charge on any atom is -0.494 e. The summed E-state index contributed by atoms with van der Waals surface area (Å²) in [6.45, 7) is 3.31. The van der Waals surface area contributed by atoms with E-state index in [0.29, 0.717) is 25.2 Å². The van der Waals surface area contributed by atoms with Gasteiger partial charge in [-0.25, -0.2) is 4.39 Å². The highest BCUT2D eigenvalue weighted by Crippen LogP contribution is 2.25. The highest BCUT2D eigenvalue weighted by molar-refractivity contribution is 5.32. The van der Waals surface area contributed by atoms with E-state index in [9.17, 15) is 4.39 Å². The first-order valence-electron chi connectivity index (χ1n) is 5.86. The van der Waals surface area contributed by atoms with Crippen LogP contribution < -0.4 is 10.5 Å². The minimum atomic E-state index is -0.377. The zero-order valence-electron chi connectivity index (χ0n) is 10.4. The number of rotatable bonds is 7. The summed E-state index contributed by atoms with van der Waals surface area (Å²) >= 11 is 0. The molecule has 0 aliphatic heterocycles. The van der Waals surface area contributed by atoms with Crippen LogP contribution in [0.5, 0.6) is 5.75 Å². The van der Waals surface area contributed by atoms with Crippen molar-refractivity contribution < 1.29 is 13.9 Å². The van der Waals surface area contributed by atoms with Crippen molar-refractivity contribution in [1.82, 2.24) is 0 Å². The van der Waals surface area contributed by atoms with Gasteiger partial charge in [-0.3, -0.25) is 0 Å². The normalized spacial score (nSPS) is 12.5. The van der Waals surface area contributed by atoms with Crippen LogP contribution in [0.25, 0.3) is 0 Å². The van der Waals surface area contributed by atoms with Crippen LogP contribution in [-0.4, -0.2) is 20.3 Å². The van der Waals surface area contributed by atoms with E-state index in [0.717, 1.165) is 6.42 Å². The monoisotopic (exact) mass is 241 g/mol. The maximum Gasteiger partial charge on any atom is 0.169 e. The smallest absolute Gasteiger partial charge is 0.169 e. The van der Waals surface area contributed by atoms with Gasteiger partial charge < -0.3 is 15.2 Å². The van der Waals surface area contributed by atoms with Crippen LogP contribution in [-0.2, 0) is 4.74 Å². The molecular weight excluding hydrogens is 221 g/mol. The molecule has 0 fully saturated rings. The second-order valence-corrected chi connectivity index (χ2v) is 3.87. The fourth-order valence-electron chi connectivity index (χ4n) is 1.58. The minimum absolute atomic E-state index is 0.229. The maximum atomic E-state index is 13.9. The van der Waals surface area contributed by atoms with Crippen molar-refractivity contribution in [3.63, 3.8) is 0 Å². The van der Waals surface area contributed by atoms with Gasteiger partial charge in [0, 0.05) is 24.8 Å². The molecule has 0 aromatic heterocycles. The lowest BCUT2D eigenvalue weighted by molar-refractivity contribution is 0.127. The molecule has 1 rings (SSSR count). The van der Waals surface area contributed by atoms with Gasteiger partial charge in [0.15, 0.2) is 11.6 Å². The van der Waals surface area contributed by atoms with Gasteiger partial charge in [0.2, 0.25) is 0 Å². The van der Waals surface area contributed by atoms with Crippen LogP contribution >= 0.6 is 0 Å². The Morgan fingerprint density at radius 1 is 1.35 bits per heavy atom. The number of ether oxygens (including phenoxy) is 2. The van der Waals surface area contributed by atoms with Crippen LogP contribution in [0, 0.1) is 5.82 Å². The Morgan fingerprint density at radius 2 is 2.12 bits per heavy atom. The van der Waals surface area contributed by atoms with E-state index in [1.807, 2.05) is 6.92 Å². The molecule has 0 radical (unpaired) electrons. The van der Waals surface area contributed by atoms with Crippen molar-refractivity contribution in [3.05, 3.63) is 29.6 Å². The molecule has 0 saturated carbocycles. The van der Waals surface area contributed by atoms with Crippen LogP contribution in [0.4, 0.5) is 4.39 Å². The largest absolute Gasteiger partial charge is 0.494 e. The second-order valence-electron chi connectivity index (χ2n) is 3.87. The lowest BCUT2D eigenvalue weighted by Crippen LogP contribution is -2.15. The van der Waals surface area contributed by atoms with Crippen molar-refractivity contribution in [2.75, 3.05) is 20.3 Å². The number of nitrogens with two attached hydrogens (primary N) is 1. The van der Waals surface area contributed by atoms with Crippen molar-refractivity contribution in [3.8, 4) is 5.75 Å². The first-order chi connectivity index (χ1) is 8.20. The van der Waals surface area contributed by atoms with Gasteiger partial charge in [0.1, 0.15) is 0 Å². The topological polar surface area (TPSA) is 44.5 Å². The second kappa shape index (κ2) is 7.25. The molecule has 3 nitrogen and oxygen atoms in total. The molecule has 0 heterocycles. The SMILES string of the molecule is CCCOCCC(N)c1cccc(OC)c1F. The zero-order chi connectivity index (χ0) is 12.7. The highest BCUT2D eigenvalue weighted by Gasteiger charge is 2.14. The number of hydrogen-bond acceptors (Lipinski definition) is 3. The van der Waals surface area contributed by atoms with Gasteiger partial charge in [0.25, 0.3) is 0 Å². The molecule has 0 bridgehead atoms. The third-order valence-corrected chi connectivity index (χ3v) is 2.53. The molecule has 1 unspecified atom stereocenters. The average Bonchev–Trinajstić information content (AvgIpc) is 2.34. The van der Waals surface area contributed by atoms with E-state index in [1.54, 1.807) is 18.2 Å². The molecule has 0 saturated heterocycles. The zero-order valence-corrected chi connectivity index (χ0v) is 10.4. The third-order valence-electron chi connectivity index (χ3n) is 2.53. The van der Waals surface area contributed by atoms with Gasteiger partial charge in [-0.15, -0.1) is 0 Å². The van der Waals surface area contributed by atoms with E-state index in [4.69, 9.17) is 15.2 Å². The predicted molar refractivity (Wildman–Crippen MR) is 65.6 cm³/mol. The molecule has 0 spiro atoms. The number of halogens is 1. The molecule has 1 atom stereocenters. The molecule has 0 aliphatic carbocycles. The molecule has 4 heteroatoms. The summed E-state index contributed by atoms with van der Waals surface area (Å²) in [6, 6.07) is 4.65. The quantitative estimate of drug-likeness (QED) is 0.746. The summed E-state index contributed by atoms with van der Waals surface area (Å²) in [6.07, 6.45) is 1.58. The molecule has 1 aromatic carbocycles. The predicted octanol–water partition coefficient (Wildman–Crippen LogP) is 2.65. The first-order valence-corrected chi connectivity index (χ1v) is 5.86. The first kappa shape index (κ1) is 13.9. The van der Waals surface area contributed by atoms with Crippen molar-refractivity contribution >= 4 is 0 Å².